The van der Waals surface area contributed by atoms with Crippen molar-refractivity contribution >= 4 is 17.5 Å². The van der Waals surface area contributed by atoms with E-state index in [1.54, 1.807) is 26.4 Å². The quantitative estimate of drug-likeness (QED) is 0.421. The van der Waals surface area contributed by atoms with Gasteiger partial charge in [0.05, 0.1) is 19.9 Å². The van der Waals surface area contributed by atoms with Gasteiger partial charge in [-0.25, -0.2) is 0 Å². The van der Waals surface area contributed by atoms with Gasteiger partial charge < -0.3 is 14.8 Å². The number of rotatable bonds is 10. The smallest absolute Gasteiger partial charge is 0.263 e. The first-order chi connectivity index (χ1) is 16.9. The van der Waals surface area contributed by atoms with Crippen LogP contribution < -0.4 is 20.2 Å². The van der Waals surface area contributed by atoms with Crippen molar-refractivity contribution in [3.8, 4) is 11.5 Å². The van der Waals surface area contributed by atoms with Gasteiger partial charge in [0.1, 0.15) is 17.5 Å². The van der Waals surface area contributed by atoms with Crippen molar-refractivity contribution in [3.05, 3.63) is 89.0 Å². The highest BCUT2D eigenvalue weighted by atomic mass is 16.5. The van der Waals surface area contributed by atoms with Crippen LogP contribution >= 0.6 is 0 Å². The molecule has 184 valence electrons. The fourth-order valence-corrected chi connectivity index (χ4v) is 3.99. The molecule has 1 unspecified atom stereocenters. The zero-order chi connectivity index (χ0) is 25.4. The lowest BCUT2D eigenvalue weighted by atomic mass is 10.0. The number of anilines is 1. The van der Waals surface area contributed by atoms with Gasteiger partial charge in [0.15, 0.2) is 0 Å². The number of ether oxygens (including phenoxy) is 2. The predicted molar refractivity (Wildman–Crippen MR) is 138 cm³/mol. The minimum absolute atomic E-state index is 0.234. The van der Waals surface area contributed by atoms with Crippen LogP contribution in [0.1, 0.15) is 34.0 Å². The molecular formula is C28H33N3O4. The maximum absolute atomic E-state index is 13.6. The van der Waals surface area contributed by atoms with Crippen molar-refractivity contribution in [2.24, 2.45) is 0 Å². The second kappa shape index (κ2) is 11.9. The summed E-state index contributed by atoms with van der Waals surface area (Å²) in [5.41, 5.74) is 7.05. The van der Waals surface area contributed by atoms with E-state index in [9.17, 15) is 9.59 Å². The predicted octanol–water partition coefficient (Wildman–Crippen LogP) is 4.54. The van der Waals surface area contributed by atoms with Gasteiger partial charge in [-0.3, -0.25) is 20.0 Å². The molecule has 0 radical (unpaired) electrons. The van der Waals surface area contributed by atoms with E-state index >= 15 is 0 Å². The summed E-state index contributed by atoms with van der Waals surface area (Å²) in [5, 5.41) is 4.48. The van der Waals surface area contributed by atoms with Gasteiger partial charge >= 0.3 is 0 Å². The lowest BCUT2D eigenvalue weighted by Gasteiger charge is -2.28. The van der Waals surface area contributed by atoms with Gasteiger partial charge in [-0.15, -0.1) is 0 Å². The third kappa shape index (κ3) is 6.53. The van der Waals surface area contributed by atoms with Crippen molar-refractivity contribution < 1.29 is 19.1 Å². The Balaban J connectivity index is 1.85. The van der Waals surface area contributed by atoms with E-state index in [1.165, 1.54) is 5.01 Å². The highest BCUT2D eigenvalue weighted by molar-refractivity contribution is 5.98. The molecule has 0 aliphatic heterocycles. The molecule has 0 aliphatic rings. The van der Waals surface area contributed by atoms with Crippen LogP contribution in [0.5, 0.6) is 11.5 Å². The summed E-state index contributed by atoms with van der Waals surface area (Å²) in [7, 11) is 3.21. The highest BCUT2D eigenvalue weighted by Crippen LogP contribution is 2.24. The van der Waals surface area contributed by atoms with Crippen molar-refractivity contribution in [1.82, 2.24) is 10.3 Å². The van der Waals surface area contributed by atoms with Crippen molar-refractivity contribution in [1.29, 1.82) is 0 Å². The number of nitrogens with one attached hydrogen (secondary N) is 2. The van der Waals surface area contributed by atoms with Gasteiger partial charge in [-0.1, -0.05) is 30.3 Å². The Labute approximate surface area is 207 Å². The third-order valence-corrected chi connectivity index (χ3v) is 5.75. The molecule has 0 aliphatic carbocycles. The number of hydrazine groups is 1. The molecule has 35 heavy (non-hydrogen) atoms. The zero-order valence-corrected chi connectivity index (χ0v) is 20.9. The second-order valence-corrected chi connectivity index (χ2v) is 8.28. The Morgan fingerprint density at radius 3 is 2.09 bits per heavy atom. The number of nitrogens with zero attached hydrogens (tertiary/aromatic N) is 1. The van der Waals surface area contributed by atoms with Gasteiger partial charge in [-0.05, 0) is 73.9 Å². The van der Waals surface area contributed by atoms with Crippen LogP contribution in [0.25, 0.3) is 0 Å². The van der Waals surface area contributed by atoms with Crippen LogP contribution in [0, 0.1) is 13.8 Å². The number of benzene rings is 3. The van der Waals surface area contributed by atoms with Crippen molar-refractivity contribution in [3.63, 3.8) is 0 Å². The van der Waals surface area contributed by atoms with E-state index in [1.807, 2.05) is 75.4 Å². The van der Waals surface area contributed by atoms with Gasteiger partial charge in [-0.2, -0.15) is 0 Å². The maximum Gasteiger partial charge on any atom is 0.263 e. The summed E-state index contributed by atoms with van der Waals surface area (Å²) in [5.74, 6) is 0.930. The molecule has 0 saturated heterocycles. The Morgan fingerprint density at radius 2 is 1.54 bits per heavy atom. The molecule has 3 aromatic carbocycles. The van der Waals surface area contributed by atoms with Crippen molar-refractivity contribution in [2.75, 3.05) is 26.2 Å². The first-order valence-corrected chi connectivity index (χ1v) is 11.6. The monoisotopic (exact) mass is 475 g/mol. The van der Waals surface area contributed by atoms with Crippen LogP contribution in [-0.2, 0) is 11.2 Å². The number of carbonyl (C=O) groups excluding carboxylic acids is 2. The first-order valence-electron chi connectivity index (χ1n) is 11.6. The molecule has 0 aromatic heterocycles. The fourth-order valence-electron chi connectivity index (χ4n) is 3.99. The fraction of sp³-hybridized carbons (Fsp3) is 0.286. The van der Waals surface area contributed by atoms with E-state index in [2.05, 4.69) is 10.7 Å². The molecule has 0 bridgehead atoms. The van der Waals surface area contributed by atoms with E-state index in [0.29, 0.717) is 18.5 Å². The maximum atomic E-state index is 13.6. The number of carbonyl (C=O) groups is 2. The molecule has 0 saturated carbocycles. The topological polar surface area (TPSA) is 79.9 Å². The molecule has 0 fully saturated rings. The Morgan fingerprint density at radius 1 is 0.914 bits per heavy atom. The molecule has 1 atom stereocenters. The molecule has 2 amide bonds. The minimum Gasteiger partial charge on any atom is -0.497 e. The molecule has 2 N–H and O–H groups in total. The average molecular weight is 476 g/mol. The zero-order valence-electron chi connectivity index (χ0n) is 20.9. The number of hydrogen-bond donors (Lipinski definition) is 2. The number of aryl methyl sites for hydroxylation is 2. The summed E-state index contributed by atoms with van der Waals surface area (Å²) in [6.45, 7) is 6.08. The van der Waals surface area contributed by atoms with E-state index in [4.69, 9.17) is 9.47 Å². The number of hydrogen-bond acceptors (Lipinski definition) is 5. The average Bonchev–Trinajstić information content (AvgIpc) is 2.87. The van der Waals surface area contributed by atoms with E-state index in [-0.39, 0.29) is 11.8 Å². The first kappa shape index (κ1) is 25.6. The van der Waals surface area contributed by atoms with Gasteiger partial charge in [0.2, 0.25) is 0 Å². The van der Waals surface area contributed by atoms with E-state index < -0.39 is 6.04 Å². The number of methoxy groups -OCH3 is 2. The minimum atomic E-state index is -0.765. The molecule has 7 heteroatoms. The number of likely N-dealkylation sites (N-methyl/N-ethyl adjacent to an activating group) is 1. The standard InChI is InChI=1S/C28H33N3O4/c1-6-31(30-23-12-14-24(34-4)15-13-23)28(33)25(18-21-10-8-7-9-11-21)29-27(32)22-16-19(2)26(35-5)20(3)17-22/h7-17,25,30H,6,18H2,1-5H3,(H,29,32). The van der Waals surface area contributed by atoms with E-state index in [0.717, 1.165) is 33.9 Å². The molecule has 0 heterocycles. The molecule has 0 spiro atoms. The summed E-state index contributed by atoms with van der Waals surface area (Å²) < 4.78 is 10.6. The summed E-state index contributed by atoms with van der Waals surface area (Å²) in [6.07, 6.45) is 0.361. The van der Waals surface area contributed by atoms with Crippen LogP contribution in [0.4, 0.5) is 5.69 Å². The summed E-state index contributed by atoms with van der Waals surface area (Å²) in [6, 6.07) is 19.7. The largest absolute Gasteiger partial charge is 0.497 e. The van der Waals surface area contributed by atoms with Gasteiger partial charge in [0, 0.05) is 18.5 Å². The summed E-state index contributed by atoms with van der Waals surface area (Å²) in [4.78, 5) is 26.8. The van der Waals surface area contributed by atoms with Crippen LogP contribution in [0.2, 0.25) is 0 Å². The molecular weight excluding hydrogens is 442 g/mol. The van der Waals surface area contributed by atoms with Crippen LogP contribution in [-0.4, -0.2) is 43.6 Å². The Kier molecular flexibility index (Phi) is 8.73. The SMILES string of the molecule is CCN(Nc1ccc(OC)cc1)C(=O)C(Cc1ccccc1)NC(=O)c1cc(C)c(OC)c(C)c1. The third-order valence-electron chi connectivity index (χ3n) is 5.75. The second-order valence-electron chi connectivity index (χ2n) is 8.28. The lowest BCUT2D eigenvalue weighted by Crippen LogP contribution is -2.51. The van der Waals surface area contributed by atoms with Crippen molar-refractivity contribution in [2.45, 2.75) is 33.2 Å². The number of amides is 2. The van der Waals surface area contributed by atoms with Crippen LogP contribution in [0.15, 0.2) is 66.7 Å². The molecule has 3 aromatic rings. The normalized spacial score (nSPS) is 11.3. The Hall–Kier alpha value is -4.00. The van der Waals surface area contributed by atoms with Crippen LogP contribution in [0.3, 0.4) is 0 Å². The Bertz CT molecular complexity index is 1120. The lowest BCUT2D eigenvalue weighted by molar-refractivity contribution is -0.131. The summed E-state index contributed by atoms with van der Waals surface area (Å²) >= 11 is 0. The highest BCUT2D eigenvalue weighted by Gasteiger charge is 2.27. The van der Waals surface area contributed by atoms with Gasteiger partial charge in [0.25, 0.3) is 11.8 Å². The molecule has 7 nitrogen and oxygen atoms in total. The molecule has 3 rings (SSSR count).